The third-order valence-electron chi connectivity index (χ3n) is 5.75. The van der Waals surface area contributed by atoms with Gasteiger partial charge in [0.25, 0.3) is 5.91 Å². The first-order valence-corrected chi connectivity index (χ1v) is 11.6. The van der Waals surface area contributed by atoms with Crippen molar-refractivity contribution in [3.05, 3.63) is 74.1 Å². The van der Waals surface area contributed by atoms with Crippen molar-refractivity contribution in [1.29, 1.82) is 0 Å². The molecule has 1 unspecified atom stereocenters. The smallest absolute Gasteiger partial charge is 0.290 e. The topological polar surface area (TPSA) is 69.0 Å². The number of amides is 1. The van der Waals surface area contributed by atoms with Crippen LogP contribution >= 0.6 is 11.6 Å². The van der Waals surface area contributed by atoms with Crippen LogP contribution in [0, 0.1) is 6.92 Å². The van der Waals surface area contributed by atoms with Crippen molar-refractivity contribution in [2.24, 2.45) is 0 Å². The van der Waals surface area contributed by atoms with E-state index in [0.717, 1.165) is 16.9 Å². The van der Waals surface area contributed by atoms with Gasteiger partial charge in [-0.1, -0.05) is 23.7 Å². The quantitative estimate of drug-likeness (QED) is 0.406. The number of halogens is 1. The fraction of sp³-hybridized carbons (Fsp3) is 0.385. The summed E-state index contributed by atoms with van der Waals surface area (Å²) in [7, 11) is 0. The van der Waals surface area contributed by atoms with E-state index >= 15 is 0 Å². The standard InChI is InChI=1S/C26H28ClNO5/c1-5-31-18-9-7-17(8-10-18)23-22-24(29)19-14-20(27)16(4)13-21(19)33-25(22)26(30)28(23)11-6-12-32-15(2)3/h7-10,13-15,23H,5-6,11-12H2,1-4H3. The van der Waals surface area contributed by atoms with E-state index in [0.29, 0.717) is 47.7 Å². The lowest BCUT2D eigenvalue weighted by Gasteiger charge is -2.25. The number of carbonyl (C=O) groups excluding carboxylic acids is 1. The zero-order chi connectivity index (χ0) is 23.7. The molecular weight excluding hydrogens is 442 g/mol. The Bertz CT molecular complexity index is 1230. The molecule has 1 atom stereocenters. The highest BCUT2D eigenvalue weighted by molar-refractivity contribution is 6.32. The molecule has 0 fully saturated rings. The number of carbonyl (C=O) groups is 1. The molecule has 4 rings (SSSR count). The van der Waals surface area contributed by atoms with Gasteiger partial charge >= 0.3 is 0 Å². The fourth-order valence-electron chi connectivity index (χ4n) is 4.18. The molecule has 0 bridgehead atoms. The van der Waals surface area contributed by atoms with Crippen LogP contribution in [0.15, 0.2) is 45.6 Å². The van der Waals surface area contributed by atoms with Gasteiger partial charge in [-0.05, 0) is 69.5 Å². The summed E-state index contributed by atoms with van der Waals surface area (Å²) in [5, 5.41) is 0.859. The summed E-state index contributed by atoms with van der Waals surface area (Å²) in [6, 6.07) is 10.3. The van der Waals surface area contributed by atoms with Crippen molar-refractivity contribution in [2.45, 2.75) is 46.3 Å². The molecule has 0 saturated heterocycles. The Morgan fingerprint density at radius 1 is 1.15 bits per heavy atom. The molecule has 1 amide bonds. The van der Waals surface area contributed by atoms with E-state index < -0.39 is 6.04 Å². The fourth-order valence-corrected chi connectivity index (χ4v) is 4.35. The van der Waals surface area contributed by atoms with Gasteiger partial charge in [-0.25, -0.2) is 0 Å². The van der Waals surface area contributed by atoms with Gasteiger partial charge < -0.3 is 18.8 Å². The average molecular weight is 470 g/mol. The van der Waals surface area contributed by atoms with E-state index in [1.807, 2.05) is 52.0 Å². The third-order valence-corrected chi connectivity index (χ3v) is 6.16. The Kier molecular flexibility index (Phi) is 6.77. The van der Waals surface area contributed by atoms with Crippen LogP contribution in [0.2, 0.25) is 5.02 Å². The van der Waals surface area contributed by atoms with Gasteiger partial charge in [0, 0.05) is 18.2 Å². The van der Waals surface area contributed by atoms with Crippen LogP contribution in [0.3, 0.4) is 0 Å². The number of ether oxygens (including phenoxy) is 2. The van der Waals surface area contributed by atoms with Crippen LogP contribution in [0.1, 0.15) is 60.5 Å². The minimum absolute atomic E-state index is 0.0953. The van der Waals surface area contributed by atoms with Gasteiger partial charge in [-0.2, -0.15) is 0 Å². The van der Waals surface area contributed by atoms with Gasteiger partial charge in [-0.15, -0.1) is 0 Å². The molecule has 0 N–H and O–H groups in total. The molecule has 0 saturated carbocycles. The molecule has 0 aliphatic carbocycles. The van der Waals surface area contributed by atoms with E-state index in [-0.39, 0.29) is 23.2 Å². The Morgan fingerprint density at radius 2 is 1.88 bits per heavy atom. The first-order valence-electron chi connectivity index (χ1n) is 11.2. The second kappa shape index (κ2) is 9.57. The highest BCUT2D eigenvalue weighted by atomic mass is 35.5. The molecule has 1 aliphatic heterocycles. The van der Waals surface area contributed by atoms with E-state index in [2.05, 4.69) is 0 Å². The second-order valence-corrected chi connectivity index (χ2v) is 8.85. The summed E-state index contributed by atoms with van der Waals surface area (Å²) >= 11 is 6.29. The van der Waals surface area contributed by atoms with Gasteiger partial charge in [0.1, 0.15) is 11.3 Å². The van der Waals surface area contributed by atoms with Crippen molar-refractivity contribution >= 4 is 28.5 Å². The number of hydrogen-bond donors (Lipinski definition) is 0. The van der Waals surface area contributed by atoms with Crippen LogP contribution in [-0.2, 0) is 4.74 Å². The average Bonchev–Trinajstić information content (AvgIpc) is 3.05. The van der Waals surface area contributed by atoms with Crippen molar-refractivity contribution < 1.29 is 18.7 Å². The summed E-state index contributed by atoms with van der Waals surface area (Å²) in [6.07, 6.45) is 0.754. The maximum atomic E-state index is 13.6. The molecule has 33 heavy (non-hydrogen) atoms. The highest BCUT2D eigenvalue weighted by Gasteiger charge is 2.42. The largest absolute Gasteiger partial charge is 0.494 e. The summed E-state index contributed by atoms with van der Waals surface area (Å²) in [5.41, 5.74) is 2.08. The summed E-state index contributed by atoms with van der Waals surface area (Å²) in [6.45, 7) is 9.21. The van der Waals surface area contributed by atoms with Gasteiger partial charge in [-0.3, -0.25) is 9.59 Å². The van der Waals surface area contributed by atoms with E-state index in [1.165, 1.54) is 0 Å². The number of fused-ring (bicyclic) bond motifs is 2. The minimum atomic E-state index is -0.553. The van der Waals surface area contributed by atoms with Crippen molar-refractivity contribution in [1.82, 2.24) is 4.90 Å². The predicted octanol–water partition coefficient (Wildman–Crippen LogP) is 5.51. The number of aryl methyl sites for hydroxylation is 1. The van der Waals surface area contributed by atoms with Gasteiger partial charge in [0.05, 0.1) is 29.7 Å². The number of rotatable bonds is 8. The molecular formula is C26H28ClNO5. The molecule has 7 heteroatoms. The lowest BCUT2D eigenvalue weighted by molar-refractivity contribution is 0.0593. The molecule has 2 aromatic carbocycles. The third kappa shape index (κ3) is 4.50. The van der Waals surface area contributed by atoms with Crippen LogP contribution in [-0.4, -0.2) is 36.7 Å². The highest BCUT2D eigenvalue weighted by Crippen LogP contribution is 2.39. The number of nitrogens with zero attached hydrogens (tertiary/aromatic N) is 1. The van der Waals surface area contributed by atoms with E-state index in [9.17, 15) is 9.59 Å². The van der Waals surface area contributed by atoms with Crippen LogP contribution in [0.5, 0.6) is 5.75 Å². The maximum absolute atomic E-state index is 13.6. The second-order valence-electron chi connectivity index (χ2n) is 8.45. The Hall–Kier alpha value is -2.83. The Balaban J connectivity index is 1.81. The van der Waals surface area contributed by atoms with Crippen molar-refractivity contribution in [3.8, 4) is 5.75 Å². The Labute approximate surface area is 198 Å². The zero-order valence-corrected chi connectivity index (χ0v) is 20.1. The molecule has 0 spiro atoms. The minimum Gasteiger partial charge on any atom is -0.494 e. The molecule has 174 valence electrons. The summed E-state index contributed by atoms with van der Waals surface area (Å²) < 4.78 is 17.2. The monoisotopic (exact) mass is 469 g/mol. The normalized spacial score (nSPS) is 15.5. The molecule has 1 aromatic heterocycles. The number of hydrogen-bond acceptors (Lipinski definition) is 5. The molecule has 0 radical (unpaired) electrons. The SMILES string of the molecule is CCOc1ccc(C2c3c(oc4cc(C)c(Cl)cc4c3=O)C(=O)N2CCCOC(C)C)cc1. The van der Waals surface area contributed by atoms with Crippen molar-refractivity contribution in [2.75, 3.05) is 19.8 Å². The van der Waals surface area contributed by atoms with Gasteiger partial charge in [0.15, 0.2) is 5.43 Å². The number of benzene rings is 2. The summed E-state index contributed by atoms with van der Waals surface area (Å²) in [5.74, 6) is 0.536. The first-order chi connectivity index (χ1) is 15.8. The lowest BCUT2D eigenvalue weighted by atomic mass is 9.98. The van der Waals surface area contributed by atoms with Crippen LogP contribution in [0.4, 0.5) is 0 Å². The Morgan fingerprint density at radius 3 is 2.55 bits per heavy atom. The van der Waals surface area contributed by atoms with Gasteiger partial charge in [0.2, 0.25) is 5.76 Å². The molecule has 1 aliphatic rings. The lowest BCUT2D eigenvalue weighted by Crippen LogP contribution is -2.31. The first kappa shape index (κ1) is 23.3. The van der Waals surface area contributed by atoms with Crippen LogP contribution < -0.4 is 10.2 Å². The predicted molar refractivity (Wildman–Crippen MR) is 128 cm³/mol. The molecule has 2 heterocycles. The molecule has 3 aromatic rings. The van der Waals surface area contributed by atoms with E-state index in [4.69, 9.17) is 25.5 Å². The van der Waals surface area contributed by atoms with Crippen LogP contribution in [0.25, 0.3) is 11.0 Å². The summed E-state index contributed by atoms with van der Waals surface area (Å²) in [4.78, 5) is 28.7. The zero-order valence-electron chi connectivity index (χ0n) is 19.3. The maximum Gasteiger partial charge on any atom is 0.290 e. The van der Waals surface area contributed by atoms with E-state index in [1.54, 1.807) is 17.0 Å². The molecule has 6 nitrogen and oxygen atoms in total. The van der Waals surface area contributed by atoms with Crippen molar-refractivity contribution in [3.63, 3.8) is 0 Å².